The molecular weight excluding hydrogens is 340 g/mol. The van der Waals surface area contributed by atoms with Gasteiger partial charge < -0.3 is 4.42 Å². The molecule has 0 aliphatic carbocycles. The van der Waals surface area contributed by atoms with Crippen LogP contribution in [0.3, 0.4) is 0 Å². The number of aryl methyl sites for hydroxylation is 1. The highest BCUT2D eigenvalue weighted by Gasteiger charge is 2.18. The molecule has 1 amide bonds. The average molecular weight is 356 g/mol. The standard InChI is InChI=1S/C16H16N6O4/c1-9(2)21-7-6-12(20-21)15-18-19-16(26-15)17-14(23)11-5-4-10(3)13(8-11)22(24)25/h4-9H,1-3H3,(H,17,19,23). The van der Waals surface area contributed by atoms with Gasteiger partial charge in [0.2, 0.25) is 0 Å². The van der Waals surface area contributed by atoms with E-state index in [1.54, 1.807) is 23.9 Å². The second-order valence-electron chi connectivity index (χ2n) is 5.90. The van der Waals surface area contributed by atoms with E-state index in [1.807, 2.05) is 13.8 Å². The van der Waals surface area contributed by atoms with E-state index in [9.17, 15) is 14.9 Å². The molecule has 10 heteroatoms. The van der Waals surface area contributed by atoms with Crippen LogP contribution in [0.15, 0.2) is 34.9 Å². The molecule has 2 aromatic heterocycles. The normalized spacial score (nSPS) is 10.9. The maximum atomic E-state index is 12.3. The molecule has 0 radical (unpaired) electrons. The zero-order valence-corrected chi connectivity index (χ0v) is 14.3. The number of nitrogens with one attached hydrogen (secondary N) is 1. The summed E-state index contributed by atoms with van der Waals surface area (Å²) < 4.78 is 7.13. The molecule has 0 fully saturated rings. The first kappa shape index (κ1) is 17.3. The fourth-order valence-electron chi connectivity index (χ4n) is 2.23. The van der Waals surface area contributed by atoms with Crippen molar-refractivity contribution < 1.29 is 14.1 Å². The predicted molar refractivity (Wildman–Crippen MR) is 91.7 cm³/mol. The number of amides is 1. The largest absolute Gasteiger partial charge is 0.401 e. The molecule has 10 nitrogen and oxygen atoms in total. The van der Waals surface area contributed by atoms with E-state index in [2.05, 4.69) is 20.6 Å². The number of carbonyl (C=O) groups is 1. The van der Waals surface area contributed by atoms with Crippen molar-refractivity contribution >= 4 is 17.6 Å². The minimum atomic E-state index is -0.587. The maximum absolute atomic E-state index is 12.3. The van der Waals surface area contributed by atoms with Crippen molar-refractivity contribution in [1.29, 1.82) is 0 Å². The van der Waals surface area contributed by atoms with Crippen LogP contribution in [-0.4, -0.2) is 30.8 Å². The molecule has 0 spiro atoms. The molecular formula is C16H16N6O4. The summed E-state index contributed by atoms with van der Waals surface area (Å²) in [6.45, 7) is 5.56. The van der Waals surface area contributed by atoms with E-state index in [0.29, 0.717) is 11.3 Å². The van der Waals surface area contributed by atoms with Crippen molar-refractivity contribution in [2.75, 3.05) is 5.32 Å². The molecule has 1 aromatic carbocycles. The number of hydrogen-bond acceptors (Lipinski definition) is 7. The van der Waals surface area contributed by atoms with E-state index in [4.69, 9.17) is 4.42 Å². The Hall–Kier alpha value is -3.56. The van der Waals surface area contributed by atoms with Crippen LogP contribution in [-0.2, 0) is 0 Å². The molecule has 0 saturated heterocycles. The Balaban J connectivity index is 1.77. The monoisotopic (exact) mass is 356 g/mol. The second kappa shape index (κ2) is 6.75. The van der Waals surface area contributed by atoms with Gasteiger partial charge in [0.15, 0.2) is 0 Å². The van der Waals surface area contributed by atoms with Crippen molar-refractivity contribution in [3.05, 3.63) is 51.7 Å². The van der Waals surface area contributed by atoms with E-state index in [-0.39, 0.29) is 29.2 Å². The summed E-state index contributed by atoms with van der Waals surface area (Å²) in [5.74, 6) is -0.425. The summed E-state index contributed by atoms with van der Waals surface area (Å²) in [5.41, 5.74) is 0.930. The quantitative estimate of drug-likeness (QED) is 0.549. The minimum absolute atomic E-state index is 0.117. The third-order valence-electron chi connectivity index (χ3n) is 3.67. The Morgan fingerprint density at radius 2 is 2.08 bits per heavy atom. The number of carbonyl (C=O) groups excluding carboxylic acids is 1. The Kier molecular flexibility index (Phi) is 4.48. The molecule has 0 aliphatic heterocycles. The SMILES string of the molecule is Cc1ccc(C(=O)Nc2nnc(-c3ccn(C(C)C)n3)o2)cc1[N+](=O)[O-]. The predicted octanol–water partition coefficient (Wildman–Crippen LogP) is 2.98. The number of hydrogen-bond donors (Lipinski definition) is 1. The number of nitro groups is 1. The molecule has 3 aromatic rings. The molecule has 26 heavy (non-hydrogen) atoms. The lowest BCUT2D eigenvalue weighted by atomic mass is 10.1. The lowest BCUT2D eigenvalue weighted by molar-refractivity contribution is -0.385. The van der Waals surface area contributed by atoms with Gasteiger partial charge in [-0.05, 0) is 32.9 Å². The zero-order valence-electron chi connectivity index (χ0n) is 14.3. The molecule has 1 N–H and O–H groups in total. The van der Waals surface area contributed by atoms with Gasteiger partial charge in [-0.1, -0.05) is 11.2 Å². The van der Waals surface area contributed by atoms with Crippen LogP contribution in [0.2, 0.25) is 0 Å². The van der Waals surface area contributed by atoms with Gasteiger partial charge in [-0.3, -0.25) is 24.9 Å². The van der Waals surface area contributed by atoms with Gasteiger partial charge in [0, 0.05) is 29.4 Å². The molecule has 0 aliphatic rings. The van der Waals surface area contributed by atoms with E-state index in [0.717, 1.165) is 0 Å². The van der Waals surface area contributed by atoms with E-state index < -0.39 is 10.8 Å². The third kappa shape index (κ3) is 3.43. The van der Waals surface area contributed by atoms with Gasteiger partial charge in [-0.15, -0.1) is 5.10 Å². The zero-order chi connectivity index (χ0) is 18.8. The van der Waals surface area contributed by atoms with Crippen LogP contribution in [0.5, 0.6) is 0 Å². The number of rotatable bonds is 5. The average Bonchev–Trinajstić information content (AvgIpc) is 3.23. The van der Waals surface area contributed by atoms with Crippen LogP contribution in [0.4, 0.5) is 11.7 Å². The highest BCUT2D eigenvalue weighted by Crippen LogP contribution is 2.22. The molecule has 2 heterocycles. The van der Waals surface area contributed by atoms with Crippen LogP contribution in [0.25, 0.3) is 11.6 Å². The number of benzene rings is 1. The Bertz CT molecular complexity index is 975. The van der Waals surface area contributed by atoms with Crippen molar-refractivity contribution in [2.45, 2.75) is 26.8 Å². The van der Waals surface area contributed by atoms with Gasteiger partial charge in [-0.25, -0.2) is 0 Å². The third-order valence-corrected chi connectivity index (χ3v) is 3.67. The van der Waals surface area contributed by atoms with Crippen LogP contribution < -0.4 is 5.32 Å². The van der Waals surface area contributed by atoms with Crippen LogP contribution in [0.1, 0.15) is 35.8 Å². The summed E-state index contributed by atoms with van der Waals surface area (Å²) in [6, 6.07) is 5.98. The number of aromatic nitrogens is 4. The Morgan fingerprint density at radius 3 is 2.73 bits per heavy atom. The lowest BCUT2D eigenvalue weighted by Gasteiger charge is -2.03. The van der Waals surface area contributed by atoms with E-state index >= 15 is 0 Å². The summed E-state index contributed by atoms with van der Waals surface area (Å²) in [5, 5.41) is 25.3. The van der Waals surface area contributed by atoms with Gasteiger partial charge in [0.05, 0.1) is 4.92 Å². The van der Waals surface area contributed by atoms with Gasteiger partial charge in [-0.2, -0.15) is 5.10 Å². The van der Waals surface area contributed by atoms with Gasteiger partial charge in [0.1, 0.15) is 5.69 Å². The number of nitro benzene ring substituents is 1. The van der Waals surface area contributed by atoms with Crippen LogP contribution >= 0.6 is 0 Å². The highest BCUT2D eigenvalue weighted by atomic mass is 16.6. The first-order valence-electron chi connectivity index (χ1n) is 7.80. The number of nitrogens with zero attached hydrogens (tertiary/aromatic N) is 5. The first-order chi connectivity index (χ1) is 12.3. The van der Waals surface area contributed by atoms with Crippen molar-refractivity contribution in [3.63, 3.8) is 0 Å². The van der Waals surface area contributed by atoms with Crippen molar-refractivity contribution in [1.82, 2.24) is 20.0 Å². The second-order valence-corrected chi connectivity index (χ2v) is 5.90. The van der Waals surface area contributed by atoms with Gasteiger partial charge >= 0.3 is 6.01 Å². The molecule has 0 unspecified atom stereocenters. The highest BCUT2D eigenvalue weighted by molar-refractivity contribution is 6.03. The summed E-state index contributed by atoms with van der Waals surface area (Å²) >= 11 is 0. The molecule has 3 rings (SSSR count). The summed E-state index contributed by atoms with van der Waals surface area (Å²) in [6.07, 6.45) is 1.79. The fraction of sp³-hybridized carbons (Fsp3) is 0.250. The van der Waals surface area contributed by atoms with Crippen LogP contribution in [0, 0.1) is 17.0 Å². The van der Waals surface area contributed by atoms with Crippen molar-refractivity contribution in [3.8, 4) is 11.6 Å². The molecule has 0 bridgehead atoms. The minimum Gasteiger partial charge on any atom is -0.401 e. The Morgan fingerprint density at radius 1 is 1.31 bits per heavy atom. The topological polar surface area (TPSA) is 129 Å². The smallest absolute Gasteiger partial charge is 0.322 e. The fourth-order valence-corrected chi connectivity index (χ4v) is 2.23. The van der Waals surface area contributed by atoms with E-state index in [1.165, 1.54) is 18.2 Å². The van der Waals surface area contributed by atoms with Gasteiger partial charge in [0.25, 0.3) is 17.5 Å². The number of anilines is 1. The molecule has 0 atom stereocenters. The van der Waals surface area contributed by atoms with Crippen molar-refractivity contribution in [2.24, 2.45) is 0 Å². The first-order valence-corrected chi connectivity index (χ1v) is 7.80. The summed E-state index contributed by atoms with van der Waals surface area (Å²) in [7, 11) is 0. The maximum Gasteiger partial charge on any atom is 0.322 e. The molecule has 0 saturated carbocycles. The summed E-state index contributed by atoms with van der Waals surface area (Å²) in [4.78, 5) is 22.7. The molecule has 134 valence electrons. The lowest BCUT2D eigenvalue weighted by Crippen LogP contribution is -2.12. The Labute approximate surface area is 148 Å².